The average molecular weight is 472 g/mol. The van der Waals surface area contributed by atoms with Gasteiger partial charge in [0.2, 0.25) is 10.0 Å². The maximum atomic E-state index is 13.2. The molecule has 1 amide bonds. The summed E-state index contributed by atoms with van der Waals surface area (Å²) >= 11 is 3.32. The summed E-state index contributed by atoms with van der Waals surface area (Å²) in [6.45, 7) is 5.68. The Morgan fingerprint density at radius 3 is 2.71 bits per heavy atom. The van der Waals surface area contributed by atoms with Gasteiger partial charge in [0, 0.05) is 40.6 Å². The molecule has 2 aromatic rings. The first-order valence-corrected chi connectivity index (χ1v) is 11.0. The fraction of sp³-hybridized carbons (Fsp3) is 0.444. The number of hydrogen-bond acceptors (Lipinski definition) is 5. The number of nitrogens with zero attached hydrogens (tertiary/aromatic N) is 1. The van der Waals surface area contributed by atoms with E-state index in [2.05, 4.69) is 26.2 Å². The van der Waals surface area contributed by atoms with Crippen molar-refractivity contribution in [2.24, 2.45) is 0 Å². The minimum Gasteiger partial charge on any atom is -0.444 e. The van der Waals surface area contributed by atoms with Crippen LogP contribution in [0.15, 0.2) is 38.6 Å². The van der Waals surface area contributed by atoms with Crippen LogP contribution in [0.25, 0.3) is 10.8 Å². The number of carbonyl (C=O) groups is 1. The molecule has 8 nitrogen and oxygen atoms in total. The number of ether oxygens (including phenoxy) is 1. The monoisotopic (exact) mass is 471 g/mol. The normalized spacial score (nSPS) is 18.4. The van der Waals surface area contributed by atoms with Crippen LogP contribution in [0.4, 0.5) is 4.79 Å². The summed E-state index contributed by atoms with van der Waals surface area (Å²) in [5.41, 5.74) is -0.983. The lowest BCUT2D eigenvalue weighted by atomic mass is 10.2. The Bertz CT molecular complexity index is 1070. The third kappa shape index (κ3) is 4.39. The molecule has 0 unspecified atom stereocenters. The van der Waals surface area contributed by atoms with Crippen LogP contribution < -0.4 is 10.9 Å². The standard InChI is InChI=1S/C18H22BrN3O5S/c1-18(2,3)27-17(24)21-12-6-7-22(10-12)28(25,26)15-9-20-16(23)13-5-4-11(19)8-14(13)15/h4-5,8-9,12H,6-7,10H2,1-3H3,(H,20,23)(H,21,24)/t12-/m1/s1. The fourth-order valence-electron chi connectivity index (χ4n) is 3.10. The highest BCUT2D eigenvalue weighted by molar-refractivity contribution is 9.10. The summed E-state index contributed by atoms with van der Waals surface area (Å²) in [5, 5.41) is 3.36. The van der Waals surface area contributed by atoms with Crippen LogP contribution >= 0.6 is 15.9 Å². The highest BCUT2D eigenvalue weighted by Crippen LogP contribution is 2.28. The van der Waals surface area contributed by atoms with Crippen molar-refractivity contribution in [1.29, 1.82) is 0 Å². The molecule has 1 aliphatic rings. The van der Waals surface area contributed by atoms with Gasteiger partial charge in [-0.05, 0) is 45.4 Å². The van der Waals surface area contributed by atoms with Crippen LogP contribution in [0.2, 0.25) is 0 Å². The number of pyridine rings is 1. The largest absolute Gasteiger partial charge is 0.444 e. The molecule has 0 radical (unpaired) electrons. The lowest BCUT2D eigenvalue weighted by Gasteiger charge is -2.22. The Labute approximate surface area is 171 Å². The van der Waals surface area contributed by atoms with E-state index in [4.69, 9.17) is 4.74 Å². The molecule has 1 atom stereocenters. The molecule has 1 aromatic heterocycles. The topological polar surface area (TPSA) is 109 Å². The Morgan fingerprint density at radius 1 is 1.32 bits per heavy atom. The number of nitrogens with one attached hydrogen (secondary N) is 2. The van der Waals surface area contributed by atoms with Gasteiger partial charge in [-0.3, -0.25) is 4.79 Å². The van der Waals surface area contributed by atoms with Gasteiger partial charge in [0.05, 0.1) is 0 Å². The first kappa shape index (κ1) is 20.8. The van der Waals surface area contributed by atoms with E-state index in [1.54, 1.807) is 39.0 Å². The van der Waals surface area contributed by atoms with Crippen molar-refractivity contribution >= 4 is 42.8 Å². The third-order valence-electron chi connectivity index (χ3n) is 4.32. The van der Waals surface area contributed by atoms with E-state index in [0.29, 0.717) is 21.7 Å². The summed E-state index contributed by atoms with van der Waals surface area (Å²) in [5.74, 6) is 0. The highest BCUT2D eigenvalue weighted by Gasteiger charge is 2.35. The summed E-state index contributed by atoms with van der Waals surface area (Å²) in [6.07, 6.45) is 1.13. The maximum Gasteiger partial charge on any atom is 0.407 e. The van der Waals surface area contributed by atoms with E-state index in [0.717, 1.165) is 0 Å². The predicted octanol–water partition coefficient (Wildman–Crippen LogP) is 2.58. The Morgan fingerprint density at radius 2 is 2.04 bits per heavy atom. The van der Waals surface area contributed by atoms with Gasteiger partial charge < -0.3 is 15.0 Å². The number of benzene rings is 1. The first-order chi connectivity index (χ1) is 13.0. The smallest absolute Gasteiger partial charge is 0.407 e. The lowest BCUT2D eigenvalue weighted by Crippen LogP contribution is -2.41. The van der Waals surface area contributed by atoms with Crippen molar-refractivity contribution in [2.45, 2.75) is 43.7 Å². The highest BCUT2D eigenvalue weighted by atomic mass is 79.9. The molecule has 3 rings (SSSR count). The number of amides is 1. The van der Waals surface area contributed by atoms with Gasteiger partial charge in [-0.25, -0.2) is 13.2 Å². The van der Waals surface area contributed by atoms with Crippen LogP contribution in [0.5, 0.6) is 0 Å². The summed E-state index contributed by atoms with van der Waals surface area (Å²) < 4.78 is 33.6. The minimum absolute atomic E-state index is 0.0290. The zero-order valence-corrected chi connectivity index (χ0v) is 18.2. The Hall–Kier alpha value is -1.91. The minimum atomic E-state index is -3.85. The van der Waals surface area contributed by atoms with Crippen LogP contribution in [0.1, 0.15) is 27.2 Å². The van der Waals surface area contributed by atoms with Crippen molar-refractivity contribution in [1.82, 2.24) is 14.6 Å². The number of aromatic nitrogens is 1. The molecule has 0 aliphatic carbocycles. The molecule has 2 heterocycles. The second-order valence-electron chi connectivity index (χ2n) is 7.67. The molecular weight excluding hydrogens is 450 g/mol. The van der Waals surface area contributed by atoms with E-state index in [1.807, 2.05) is 0 Å². The molecule has 10 heteroatoms. The number of carbonyl (C=O) groups excluding carboxylic acids is 1. The number of hydrogen-bond donors (Lipinski definition) is 2. The molecule has 1 aromatic carbocycles. The zero-order chi connectivity index (χ0) is 20.7. The summed E-state index contributed by atoms with van der Waals surface area (Å²) in [6, 6.07) is 4.54. The Balaban J connectivity index is 1.84. The number of fused-ring (bicyclic) bond motifs is 1. The number of rotatable bonds is 3. The Kier molecular flexibility index (Phi) is 5.57. The quantitative estimate of drug-likeness (QED) is 0.714. The second-order valence-corrected chi connectivity index (χ2v) is 10.5. The number of aromatic amines is 1. The number of H-pyrrole nitrogens is 1. The van der Waals surface area contributed by atoms with Crippen LogP contribution in [-0.2, 0) is 14.8 Å². The molecule has 0 bridgehead atoms. The first-order valence-electron chi connectivity index (χ1n) is 8.78. The van der Waals surface area contributed by atoms with Gasteiger partial charge in [-0.1, -0.05) is 15.9 Å². The molecule has 1 aliphatic heterocycles. The average Bonchev–Trinajstić information content (AvgIpc) is 3.02. The van der Waals surface area contributed by atoms with Crippen LogP contribution in [0.3, 0.4) is 0 Å². The van der Waals surface area contributed by atoms with Crippen molar-refractivity contribution in [3.63, 3.8) is 0 Å². The summed E-state index contributed by atoms with van der Waals surface area (Å²) in [7, 11) is -3.85. The maximum absolute atomic E-state index is 13.2. The van der Waals surface area contributed by atoms with E-state index in [9.17, 15) is 18.0 Å². The number of halogens is 1. The van der Waals surface area contributed by atoms with Crippen LogP contribution in [-0.4, -0.2) is 48.5 Å². The van der Waals surface area contributed by atoms with Crippen molar-refractivity contribution in [3.05, 3.63) is 39.2 Å². The molecule has 1 saturated heterocycles. The molecule has 2 N–H and O–H groups in total. The van der Waals surface area contributed by atoms with Gasteiger partial charge in [0.1, 0.15) is 10.5 Å². The molecule has 0 spiro atoms. The van der Waals surface area contributed by atoms with Gasteiger partial charge in [-0.15, -0.1) is 0 Å². The molecule has 0 saturated carbocycles. The van der Waals surface area contributed by atoms with Crippen molar-refractivity contribution < 1.29 is 17.9 Å². The fourth-order valence-corrected chi connectivity index (χ4v) is 5.11. The summed E-state index contributed by atoms with van der Waals surface area (Å²) in [4.78, 5) is 26.5. The van der Waals surface area contributed by atoms with Crippen molar-refractivity contribution in [3.8, 4) is 0 Å². The SMILES string of the molecule is CC(C)(C)OC(=O)N[C@@H]1CCN(S(=O)(=O)c2c[nH]c(=O)c3ccc(Br)cc23)C1. The molecule has 28 heavy (non-hydrogen) atoms. The van der Waals surface area contributed by atoms with E-state index >= 15 is 0 Å². The molecular formula is C18H22BrN3O5S. The van der Waals surface area contributed by atoms with Crippen molar-refractivity contribution in [2.75, 3.05) is 13.1 Å². The van der Waals surface area contributed by atoms with Gasteiger partial charge in [0.25, 0.3) is 5.56 Å². The molecule has 152 valence electrons. The van der Waals surface area contributed by atoms with E-state index < -0.39 is 21.7 Å². The second kappa shape index (κ2) is 7.49. The zero-order valence-electron chi connectivity index (χ0n) is 15.8. The van der Waals surface area contributed by atoms with E-state index in [-0.39, 0.29) is 29.6 Å². The van der Waals surface area contributed by atoms with E-state index in [1.165, 1.54) is 10.5 Å². The van der Waals surface area contributed by atoms with Crippen LogP contribution in [0, 0.1) is 0 Å². The van der Waals surface area contributed by atoms with Gasteiger partial charge in [0.15, 0.2) is 0 Å². The lowest BCUT2D eigenvalue weighted by molar-refractivity contribution is 0.0507. The predicted molar refractivity (Wildman–Crippen MR) is 109 cm³/mol. The van der Waals surface area contributed by atoms with Gasteiger partial charge >= 0.3 is 6.09 Å². The molecule has 1 fully saturated rings. The van der Waals surface area contributed by atoms with Gasteiger partial charge in [-0.2, -0.15) is 4.31 Å². The number of alkyl carbamates (subject to hydrolysis) is 1. The third-order valence-corrected chi connectivity index (χ3v) is 6.71. The number of sulfonamides is 1.